The van der Waals surface area contributed by atoms with Gasteiger partial charge in [0.2, 0.25) is 5.88 Å². The molecule has 0 saturated carbocycles. The minimum absolute atomic E-state index is 0.000588. The number of nitriles is 1. The molecule has 0 amide bonds. The smallest absolute Gasteiger partial charge is 0.205 e. The maximum Gasteiger partial charge on any atom is 0.205 e. The maximum absolute atomic E-state index is 13.1. The summed E-state index contributed by atoms with van der Waals surface area (Å²) in [6.45, 7) is 4.07. The van der Waals surface area contributed by atoms with E-state index < -0.39 is 5.92 Å². The Morgan fingerprint density at radius 1 is 1.29 bits per heavy atom. The molecule has 2 aliphatic rings. The molecule has 2 N–H and O–H groups in total. The Balaban J connectivity index is 1.95. The van der Waals surface area contributed by atoms with E-state index in [1.165, 1.54) is 0 Å². The number of carbonyl (C=O) groups is 1. The number of allylic oxidation sites excluding steroid dienone is 3. The summed E-state index contributed by atoms with van der Waals surface area (Å²) in [7, 11) is 1.83. The second-order valence-corrected chi connectivity index (χ2v) is 8.18. The molecule has 1 aromatic heterocycles. The van der Waals surface area contributed by atoms with E-state index in [0.717, 1.165) is 16.8 Å². The van der Waals surface area contributed by atoms with E-state index in [-0.39, 0.29) is 22.7 Å². The van der Waals surface area contributed by atoms with Crippen LogP contribution in [0.5, 0.6) is 0 Å². The van der Waals surface area contributed by atoms with E-state index in [9.17, 15) is 10.1 Å². The summed E-state index contributed by atoms with van der Waals surface area (Å²) in [5.74, 6) is 0.0749. The molecule has 28 heavy (non-hydrogen) atoms. The molecule has 4 rings (SSSR count). The largest absolute Gasteiger partial charge is 0.444 e. The number of hydrogen-bond donors (Lipinski definition) is 1. The zero-order valence-electron chi connectivity index (χ0n) is 16.2. The van der Waals surface area contributed by atoms with E-state index >= 15 is 0 Å². The van der Waals surface area contributed by atoms with Crippen molar-refractivity contribution in [2.45, 2.75) is 32.6 Å². The Morgan fingerprint density at radius 3 is 2.68 bits per heavy atom. The monoisotopic (exact) mass is 374 g/mol. The van der Waals surface area contributed by atoms with Gasteiger partial charge >= 0.3 is 0 Å². The Hall–Kier alpha value is -3.33. The molecule has 142 valence electrons. The molecule has 2 heterocycles. The summed E-state index contributed by atoms with van der Waals surface area (Å²) in [6, 6.07) is 11.9. The summed E-state index contributed by atoms with van der Waals surface area (Å²) in [5, 5.41) is 14.4. The molecule has 0 saturated heterocycles. The van der Waals surface area contributed by atoms with Crippen molar-refractivity contribution in [2.24, 2.45) is 18.2 Å². The van der Waals surface area contributed by atoms with Gasteiger partial charge in [-0.05, 0) is 5.41 Å². The molecule has 1 aliphatic heterocycles. The number of aromatic nitrogens is 2. The van der Waals surface area contributed by atoms with Gasteiger partial charge in [0.25, 0.3) is 0 Å². The Kier molecular flexibility index (Phi) is 4.11. The van der Waals surface area contributed by atoms with Crippen molar-refractivity contribution < 1.29 is 9.53 Å². The molecule has 0 fully saturated rings. The van der Waals surface area contributed by atoms with Crippen LogP contribution in [0.4, 0.5) is 0 Å². The molecular formula is C22H22N4O2. The second-order valence-electron chi connectivity index (χ2n) is 8.18. The van der Waals surface area contributed by atoms with Gasteiger partial charge in [0.1, 0.15) is 17.4 Å². The van der Waals surface area contributed by atoms with Gasteiger partial charge < -0.3 is 10.5 Å². The quantitative estimate of drug-likeness (QED) is 0.868. The standard InChI is InChI=1S/C22H22N4O2/c1-22(2)9-16(27)19-17(10-22)28-21(24)14(11-23)18(19)15-12-26(3)25-20(15)13-7-5-4-6-8-13/h4-8,12,18H,9-10,24H2,1-3H3. The maximum atomic E-state index is 13.1. The number of nitrogens with two attached hydrogens (primary N) is 1. The van der Waals surface area contributed by atoms with Crippen molar-refractivity contribution in [2.75, 3.05) is 0 Å². The molecule has 1 aromatic carbocycles. The summed E-state index contributed by atoms with van der Waals surface area (Å²) in [6.07, 6.45) is 2.87. The number of ether oxygens (including phenoxy) is 1. The lowest BCUT2D eigenvalue weighted by Gasteiger charge is -2.37. The van der Waals surface area contributed by atoms with Crippen LogP contribution >= 0.6 is 0 Å². The van der Waals surface area contributed by atoms with Crippen LogP contribution in [-0.4, -0.2) is 15.6 Å². The highest BCUT2D eigenvalue weighted by Crippen LogP contribution is 2.49. The van der Waals surface area contributed by atoms with Crippen LogP contribution in [0.15, 0.2) is 59.3 Å². The Labute approximate surface area is 163 Å². The first-order chi connectivity index (χ1) is 13.3. The van der Waals surface area contributed by atoms with Crippen LogP contribution in [0.1, 0.15) is 38.2 Å². The zero-order valence-corrected chi connectivity index (χ0v) is 16.2. The average Bonchev–Trinajstić information content (AvgIpc) is 3.01. The number of hydrogen-bond acceptors (Lipinski definition) is 5. The van der Waals surface area contributed by atoms with Crippen molar-refractivity contribution in [1.82, 2.24) is 9.78 Å². The topological polar surface area (TPSA) is 93.9 Å². The zero-order chi connectivity index (χ0) is 20.1. The van der Waals surface area contributed by atoms with Crippen LogP contribution < -0.4 is 5.73 Å². The molecule has 2 aromatic rings. The minimum atomic E-state index is -0.568. The normalized spacial score (nSPS) is 21.2. The molecule has 0 bridgehead atoms. The number of ketones is 1. The van der Waals surface area contributed by atoms with E-state index in [1.807, 2.05) is 57.4 Å². The van der Waals surface area contributed by atoms with E-state index in [4.69, 9.17) is 10.5 Å². The third kappa shape index (κ3) is 2.89. The van der Waals surface area contributed by atoms with Gasteiger partial charge in [0.15, 0.2) is 5.78 Å². The molecule has 0 spiro atoms. The lowest BCUT2D eigenvalue weighted by Crippen LogP contribution is -2.33. The summed E-state index contributed by atoms with van der Waals surface area (Å²) in [5.41, 5.74) is 9.16. The Morgan fingerprint density at radius 2 is 2.00 bits per heavy atom. The van der Waals surface area contributed by atoms with E-state index in [0.29, 0.717) is 24.2 Å². The van der Waals surface area contributed by atoms with Crippen LogP contribution in [0.2, 0.25) is 0 Å². The van der Waals surface area contributed by atoms with Gasteiger partial charge in [-0.3, -0.25) is 9.48 Å². The fourth-order valence-electron chi connectivity index (χ4n) is 4.13. The fraction of sp³-hybridized carbons (Fsp3) is 0.318. The minimum Gasteiger partial charge on any atom is -0.444 e. The molecule has 1 aliphatic carbocycles. The number of rotatable bonds is 2. The number of nitrogens with zero attached hydrogens (tertiary/aromatic N) is 3. The summed E-state index contributed by atoms with van der Waals surface area (Å²) >= 11 is 0. The summed E-state index contributed by atoms with van der Waals surface area (Å²) < 4.78 is 7.47. The second kappa shape index (κ2) is 6.38. The van der Waals surface area contributed by atoms with Gasteiger partial charge in [-0.2, -0.15) is 10.4 Å². The fourth-order valence-corrected chi connectivity index (χ4v) is 4.13. The third-order valence-corrected chi connectivity index (χ3v) is 5.29. The van der Waals surface area contributed by atoms with E-state index in [1.54, 1.807) is 4.68 Å². The number of benzene rings is 1. The number of carbonyl (C=O) groups excluding carboxylic acids is 1. The number of Topliss-reactive ketones (excluding diaryl/α,β-unsaturated/α-hetero) is 1. The highest BCUT2D eigenvalue weighted by atomic mass is 16.5. The molecular weight excluding hydrogens is 352 g/mol. The van der Waals surface area contributed by atoms with Crippen molar-refractivity contribution in [1.29, 1.82) is 5.26 Å². The van der Waals surface area contributed by atoms with Crippen molar-refractivity contribution in [3.63, 3.8) is 0 Å². The molecule has 1 atom stereocenters. The third-order valence-electron chi connectivity index (χ3n) is 5.29. The van der Waals surface area contributed by atoms with E-state index in [2.05, 4.69) is 11.2 Å². The van der Waals surface area contributed by atoms with Gasteiger partial charge in [-0.15, -0.1) is 0 Å². The van der Waals surface area contributed by atoms with Crippen molar-refractivity contribution >= 4 is 5.78 Å². The SMILES string of the molecule is Cn1cc(C2C(C#N)=C(N)OC3=C2C(=O)CC(C)(C)C3)c(-c2ccccc2)n1. The average molecular weight is 374 g/mol. The lowest BCUT2D eigenvalue weighted by atomic mass is 9.70. The molecule has 1 unspecified atom stereocenters. The van der Waals surface area contributed by atoms with Crippen LogP contribution in [0.3, 0.4) is 0 Å². The van der Waals surface area contributed by atoms with Gasteiger partial charge in [0, 0.05) is 42.8 Å². The predicted octanol–water partition coefficient (Wildman–Crippen LogP) is 3.54. The predicted molar refractivity (Wildman–Crippen MR) is 104 cm³/mol. The first-order valence-corrected chi connectivity index (χ1v) is 9.23. The lowest BCUT2D eigenvalue weighted by molar-refractivity contribution is -0.119. The van der Waals surface area contributed by atoms with Crippen LogP contribution in [0, 0.1) is 16.7 Å². The molecule has 6 nitrogen and oxygen atoms in total. The van der Waals surface area contributed by atoms with Gasteiger partial charge in [-0.25, -0.2) is 0 Å². The molecule has 6 heteroatoms. The summed E-state index contributed by atoms with van der Waals surface area (Å²) in [4.78, 5) is 13.1. The van der Waals surface area contributed by atoms with Crippen LogP contribution in [0.25, 0.3) is 11.3 Å². The first kappa shape index (κ1) is 18.1. The highest BCUT2D eigenvalue weighted by Gasteiger charge is 2.44. The van der Waals surface area contributed by atoms with Crippen molar-refractivity contribution in [3.05, 3.63) is 64.9 Å². The Bertz CT molecular complexity index is 1070. The van der Waals surface area contributed by atoms with Crippen LogP contribution in [-0.2, 0) is 16.6 Å². The van der Waals surface area contributed by atoms with Gasteiger partial charge in [-0.1, -0.05) is 44.2 Å². The van der Waals surface area contributed by atoms with Gasteiger partial charge in [0.05, 0.1) is 11.6 Å². The van der Waals surface area contributed by atoms with Crippen molar-refractivity contribution in [3.8, 4) is 17.3 Å². The highest BCUT2D eigenvalue weighted by molar-refractivity contribution is 6.00. The first-order valence-electron chi connectivity index (χ1n) is 9.23. The molecule has 0 radical (unpaired) electrons. The number of aryl methyl sites for hydroxylation is 1.